The topological polar surface area (TPSA) is 29.1 Å². The molecule has 0 saturated heterocycles. The van der Waals surface area contributed by atoms with Crippen molar-refractivity contribution >= 4 is 40.7 Å². The average molecular weight is 329 g/mol. The molecule has 0 fully saturated rings. The molecular formula is C15H12Cl3NO. The van der Waals surface area contributed by atoms with Crippen molar-refractivity contribution in [1.29, 1.82) is 0 Å². The zero-order valence-corrected chi connectivity index (χ0v) is 12.9. The molecule has 1 atom stereocenters. The molecule has 2 aromatic rings. The van der Waals surface area contributed by atoms with E-state index >= 15 is 0 Å². The fraction of sp³-hybridized carbons (Fsp3) is 0.133. The molecule has 0 aliphatic carbocycles. The quantitative estimate of drug-likeness (QED) is 0.830. The first-order chi connectivity index (χ1) is 9.49. The van der Waals surface area contributed by atoms with Crippen LogP contribution in [-0.2, 0) is 0 Å². The Morgan fingerprint density at radius 1 is 1.05 bits per heavy atom. The minimum atomic E-state index is -0.265. The summed E-state index contributed by atoms with van der Waals surface area (Å²) in [5.41, 5.74) is 1.24. The molecule has 0 radical (unpaired) electrons. The summed E-state index contributed by atoms with van der Waals surface area (Å²) in [5.74, 6) is -0.265. The lowest BCUT2D eigenvalue weighted by Gasteiger charge is -2.16. The SMILES string of the molecule is CC(NC(=O)c1ccc(Cl)cc1Cl)c1ccccc1Cl. The fourth-order valence-electron chi connectivity index (χ4n) is 1.85. The standard InChI is InChI=1S/C15H12Cl3NO/c1-9(11-4-2-3-5-13(11)17)19-15(20)12-7-6-10(16)8-14(12)18/h2-9H,1H3,(H,19,20). The van der Waals surface area contributed by atoms with Crippen molar-refractivity contribution in [3.8, 4) is 0 Å². The summed E-state index contributed by atoms with van der Waals surface area (Å²) in [6.45, 7) is 1.86. The molecule has 104 valence electrons. The van der Waals surface area contributed by atoms with Crippen molar-refractivity contribution in [2.45, 2.75) is 13.0 Å². The number of rotatable bonds is 3. The van der Waals surface area contributed by atoms with Crippen molar-refractivity contribution in [2.24, 2.45) is 0 Å². The molecule has 2 nitrogen and oxygen atoms in total. The molecule has 2 aromatic carbocycles. The molecule has 5 heteroatoms. The van der Waals surface area contributed by atoms with Gasteiger partial charge in [-0.25, -0.2) is 0 Å². The zero-order valence-electron chi connectivity index (χ0n) is 10.7. The predicted octanol–water partition coefficient (Wildman–Crippen LogP) is 5.14. The number of nitrogens with one attached hydrogen (secondary N) is 1. The Morgan fingerprint density at radius 2 is 1.75 bits per heavy atom. The normalized spacial score (nSPS) is 12.0. The maximum atomic E-state index is 12.2. The Hall–Kier alpha value is -1.22. The predicted molar refractivity (Wildman–Crippen MR) is 83.8 cm³/mol. The smallest absolute Gasteiger partial charge is 0.253 e. The average Bonchev–Trinajstić information content (AvgIpc) is 2.38. The van der Waals surface area contributed by atoms with Crippen LogP contribution >= 0.6 is 34.8 Å². The van der Waals surface area contributed by atoms with E-state index in [4.69, 9.17) is 34.8 Å². The maximum Gasteiger partial charge on any atom is 0.253 e. The second-order valence-corrected chi connectivity index (χ2v) is 5.59. The van der Waals surface area contributed by atoms with Gasteiger partial charge in [-0.1, -0.05) is 53.0 Å². The van der Waals surface area contributed by atoms with Crippen LogP contribution in [0.1, 0.15) is 28.9 Å². The van der Waals surface area contributed by atoms with Crippen LogP contribution in [0, 0.1) is 0 Å². The third kappa shape index (κ3) is 3.45. The second-order valence-electron chi connectivity index (χ2n) is 4.34. The van der Waals surface area contributed by atoms with Gasteiger partial charge in [-0.15, -0.1) is 0 Å². The van der Waals surface area contributed by atoms with Crippen LogP contribution < -0.4 is 5.32 Å². The first-order valence-corrected chi connectivity index (χ1v) is 7.13. The van der Waals surface area contributed by atoms with Gasteiger partial charge < -0.3 is 5.32 Å². The molecule has 0 aliphatic heterocycles. The Kier molecular flexibility index (Phi) is 4.92. The van der Waals surface area contributed by atoms with Gasteiger partial charge in [0.1, 0.15) is 0 Å². The third-order valence-corrected chi connectivity index (χ3v) is 3.79. The first-order valence-electron chi connectivity index (χ1n) is 5.99. The molecule has 0 aliphatic rings. The number of carbonyl (C=O) groups is 1. The molecule has 20 heavy (non-hydrogen) atoms. The summed E-state index contributed by atoms with van der Waals surface area (Å²) < 4.78 is 0. The van der Waals surface area contributed by atoms with Gasteiger partial charge in [-0.2, -0.15) is 0 Å². The number of carbonyl (C=O) groups excluding carboxylic acids is 1. The van der Waals surface area contributed by atoms with E-state index in [-0.39, 0.29) is 11.9 Å². The minimum absolute atomic E-state index is 0.219. The Balaban J connectivity index is 2.17. The Labute approximate surface area is 132 Å². The molecule has 0 spiro atoms. The molecule has 0 aromatic heterocycles. The van der Waals surface area contributed by atoms with E-state index < -0.39 is 0 Å². The first kappa shape index (κ1) is 15.2. The number of hydrogen-bond donors (Lipinski definition) is 1. The fourth-order valence-corrected chi connectivity index (χ4v) is 2.65. The molecular weight excluding hydrogens is 317 g/mol. The van der Waals surface area contributed by atoms with Crippen LogP contribution in [0.3, 0.4) is 0 Å². The number of halogens is 3. The van der Waals surface area contributed by atoms with E-state index in [0.717, 1.165) is 5.56 Å². The summed E-state index contributed by atoms with van der Waals surface area (Å²) in [6, 6.07) is 11.9. The molecule has 0 bridgehead atoms. The number of benzene rings is 2. The van der Waals surface area contributed by atoms with Gasteiger partial charge in [0.05, 0.1) is 16.6 Å². The number of hydrogen-bond acceptors (Lipinski definition) is 1. The highest BCUT2D eigenvalue weighted by Crippen LogP contribution is 2.24. The molecule has 1 amide bonds. The molecule has 2 rings (SSSR count). The zero-order chi connectivity index (χ0) is 14.7. The maximum absolute atomic E-state index is 12.2. The highest BCUT2D eigenvalue weighted by Gasteiger charge is 2.15. The van der Waals surface area contributed by atoms with Gasteiger partial charge in [-0.05, 0) is 36.8 Å². The van der Waals surface area contributed by atoms with Gasteiger partial charge in [0.25, 0.3) is 5.91 Å². The summed E-state index contributed by atoms with van der Waals surface area (Å²) in [5, 5.41) is 4.29. The van der Waals surface area contributed by atoms with Crippen LogP contribution in [0.15, 0.2) is 42.5 Å². The third-order valence-electron chi connectivity index (χ3n) is 2.90. The van der Waals surface area contributed by atoms with Crippen molar-refractivity contribution in [3.05, 3.63) is 68.7 Å². The van der Waals surface area contributed by atoms with E-state index in [9.17, 15) is 4.79 Å². The van der Waals surface area contributed by atoms with Crippen LogP contribution in [0.25, 0.3) is 0 Å². The molecule has 1 unspecified atom stereocenters. The number of amides is 1. The van der Waals surface area contributed by atoms with Gasteiger partial charge in [0, 0.05) is 10.0 Å². The van der Waals surface area contributed by atoms with Crippen molar-refractivity contribution in [1.82, 2.24) is 5.32 Å². The van der Waals surface area contributed by atoms with E-state index in [1.165, 1.54) is 6.07 Å². The lowest BCUT2D eigenvalue weighted by molar-refractivity contribution is 0.0940. The van der Waals surface area contributed by atoms with Crippen LogP contribution in [0.5, 0.6) is 0 Å². The largest absolute Gasteiger partial charge is 0.345 e. The highest BCUT2D eigenvalue weighted by atomic mass is 35.5. The molecule has 0 heterocycles. The van der Waals surface area contributed by atoms with Gasteiger partial charge in [0.15, 0.2) is 0 Å². The van der Waals surface area contributed by atoms with Crippen molar-refractivity contribution in [2.75, 3.05) is 0 Å². The summed E-state index contributed by atoms with van der Waals surface area (Å²) >= 11 is 17.9. The lowest BCUT2D eigenvalue weighted by atomic mass is 10.1. The summed E-state index contributed by atoms with van der Waals surface area (Å²) in [7, 11) is 0. The molecule has 0 saturated carbocycles. The van der Waals surface area contributed by atoms with Crippen molar-refractivity contribution < 1.29 is 4.79 Å². The van der Waals surface area contributed by atoms with Crippen LogP contribution in [-0.4, -0.2) is 5.91 Å². The lowest BCUT2D eigenvalue weighted by Crippen LogP contribution is -2.27. The Morgan fingerprint density at radius 3 is 2.40 bits per heavy atom. The second kappa shape index (κ2) is 6.49. The van der Waals surface area contributed by atoms with E-state index in [0.29, 0.717) is 20.6 Å². The van der Waals surface area contributed by atoms with E-state index in [1.807, 2.05) is 25.1 Å². The Bertz CT molecular complexity index is 643. The van der Waals surface area contributed by atoms with Crippen LogP contribution in [0.4, 0.5) is 0 Å². The minimum Gasteiger partial charge on any atom is -0.345 e. The van der Waals surface area contributed by atoms with Gasteiger partial charge in [0.2, 0.25) is 0 Å². The van der Waals surface area contributed by atoms with E-state index in [1.54, 1.807) is 18.2 Å². The van der Waals surface area contributed by atoms with E-state index in [2.05, 4.69) is 5.32 Å². The summed E-state index contributed by atoms with van der Waals surface area (Å²) in [4.78, 5) is 12.2. The van der Waals surface area contributed by atoms with Crippen molar-refractivity contribution in [3.63, 3.8) is 0 Å². The highest BCUT2D eigenvalue weighted by molar-refractivity contribution is 6.36. The monoisotopic (exact) mass is 327 g/mol. The van der Waals surface area contributed by atoms with Gasteiger partial charge >= 0.3 is 0 Å². The summed E-state index contributed by atoms with van der Waals surface area (Å²) in [6.07, 6.45) is 0. The van der Waals surface area contributed by atoms with Crippen LogP contribution in [0.2, 0.25) is 15.1 Å². The molecule has 1 N–H and O–H groups in total. The van der Waals surface area contributed by atoms with Gasteiger partial charge in [-0.3, -0.25) is 4.79 Å².